The third-order valence-electron chi connectivity index (χ3n) is 4.04. The fourth-order valence-electron chi connectivity index (χ4n) is 2.81. The standard InChI is InChI=1S/C12H18O2.C9H14O2.C4H6O2/c1-4-7-12(8-5-2,9-6-3)10-11(13)14;1-3-5-8(6-4-2)7-9(10)11;1-2-3-4(5)6/h4-6H,1-3,7-10H2,(H,13,14);3-4,8H,1-2,5-7H2,(H,10,11);2H,1,3H2,(H,5,6). The molecule has 31 heavy (non-hydrogen) atoms. The Balaban J connectivity index is -0.000000410. The lowest BCUT2D eigenvalue weighted by molar-refractivity contribution is -0.140. The molecule has 0 aromatic heterocycles. The quantitative estimate of drug-likeness (QED) is 0.255. The Morgan fingerprint density at radius 2 is 1.06 bits per heavy atom. The van der Waals surface area contributed by atoms with E-state index in [9.17, 15) is 14.4 Å². The van der Waals surface area contributed by atoms with Gasteiger partial charge in [0, 0.05) is 6.42 Å². The lowest BCUT2D eigenvalue weighted by Gasteiger charge is -2.28. The van der Waals surface area contributed by atoms with Gasteiger partial charge in [0.1, 0.15) is 0 Å². The second-order valence-electron chi connectivity index (χ2n) is 6.95. The van der Waals surface area contributed by atoms with Crippen LogP contribution >= 0.6 is 0 Å². The molecule has 0 rings (SSSR count). The van der Waals surface area contributed by atoms with Crippen LogP contribution in [0.5, 0.6) is 0 Å². The van der Waals surface area contributed by atoms with Crippen molar-refractivity contribution >= 4 is 17.9 Å². The smallest absolute Gasteiger partial charge is 0.307 e. The van der Waals surface area contributed by atoms with E-state index in [1.807, 2.05) is 0 Å². The third kappa shape index (κ3) is 23.0. The Labute approximate surface area is 186 Å². The number of allylic oxidation sites excluding steroid dienone is 5. The molecule has 0 aliphatic rings. The minimum absolute atomic E-state index is 0.0556. The van der Waals surface area contributed by atoms with E-state index in [1.54, 1.807) is 30.4 Å². The van der Waals surface area contributed by atoms with E-state index in [-0.39, 0.29) is 30.6 Å². The van der Waals surface area contributed by atoms with Crippen LogP contribution in [-0.2, 0) is 14.4 Å². The molecule has 6 heteroatoms. The van der Waals surface area contributed by atoms with Crippen molar-refractivity contribution in [1.82, 2.24) is 0 Å². The van der Waals surface area contributed by atoms with Gasteiger partial charge < -0.3 is 15.3 Å². The van der Waals surface area contributed by atoms with Crippen molar-refractivity contribution in [3.8, 4) is 0 Å². The molecule has 0 spiro atoms. The van der Waals surface area contributed by atoms with Crippen LogP contribution in [0.25, 0.3) is 0 Å². The van der Waals surface area contributed by atoms with Crippen molar-refractivity contribution < 1.29 is 29.7 Å². The van der Waals surface area contributed by atoms with E-state index in [4.69, 9.17) is 15.3 Å². The average molecular weight is 435 g/mol. The molecular weight excluding hydrogens is 396 g/mol. The van der Waals surface area contributed by atoms with Crippen LogP contribution in [0.2, 0.25) is 0 Å². The van der Waals surface area contributed by atoms with E-state index in [1.165, 1.54) is 6.08 Å². The lowest BCUT2D eigenvalue weighted by atomic mass is 9.75. The van der Waals surface area contributed by atoms with E-state index >= 15 is 0 Å². The summed E-state index contributed by atoms with van der Waals surface area (Å²) in [5.74, 6) is -2.19. The summed E-state index contributed by atoms with van der Waals surface area (Å²) < 4.78 is 0. The van der Waals surface area contributed by atoms with Gasteiger partial charge in [-0.1, -0.05) is 36.5 Å². The maximum Gasteiger partial charge on any atom is 0.307 e. The molecule has 0 atom stereocenters. The van der Waals surface area contributed by atoms with E-state index < -0.39 is 17.9 Å². The van der Waals surface area contributed by atoms with Crippen LogP contribution in [0.15, 0.2) is 75.9 Å². The molecule has 0 unspecified atom stereocenters. The van der Waals surface area contributed by atoms with Gasteiger partial charge in [-0.2, -0.15) is 0 Å². The van der Waals surface area contributed by atoms with Gasteiger partial charge in [-0.3, -0.25) is 14.4 Å². The molecule has 0 fully saturated rings. The zero-order valence-corrected chi connectivity index (χ0v) is 18.5. The third-order valence-corrected chi connectivity index (χ3v) is 4.04. The van der Waals surface area contributed by atoms with Gasteiger partial charge >= 0.3 is 17.9 Å². The molecule has 0 heterocycles. The largest absolute Gasteiger partial charge is 0.481 e. The van der Waals surface area contributed by atoms with Gasteiger partial charge in [-0.25, -0.2) is 0 Å². The van der Waals surface area contributed by atoms with Crippen molar-refractivity contribution in [3.05, 3.63) is 75.9 Å². The Kier molecular flexibility index (Phi) is 22.6. The van der Waals surface area contributed by atoms with Crippen molar-refractivity contribution in [2.24, 2.45) is 11.3 Å². The molecule has 0 aliphatic heterocycles. The normalized spacial score (nSPS) is 9.58. The summed E-state index contributed by atoms with van der Waals surface area (Å²) in [6.07, 6.45) is 14.1. The van der Waals surface area contributed by atoms with Crippen LogP contribution < -0.4 is 0 Å². The highest BCUT2D eigenvalue weighted by molar-refractivity contribution is 5.68. The first-order valence-electron chi connectivity index (χ1n) is 9.88. The second-order valence-corrected chi connectivity index (χ2v) is 6.95. The predicted molar refractivity (Wildman–Crippen MR) is 127 cm³/mol. The van der Waals surface area contributed by atoms with Crippen molar-refractivity contribution in [3.63, 3.8) is 0 Å². The van der Waals surface area contributed by atoms with Gasteiger partial charge in [-0.15, -0.1) is 39.5 Å². The van der Waals surface area contributed by atoms with Crippen LogP contribution in [0.1, 0.15) is 51.4 Å². The number of aliphatic carboxylic acids is 3. The molecule has 0 saturated carbocycles. The van der Waals surface area contributed by atoms with Crippen LogP contribution in [0.4, 0.5) is 0 Å². The van der Waals surface area contributed by atoms with E-state index in [0.29, 0.717) is 19.3 Å². The molecule has 6 nitrogen and oxygen atoms in total. The van der Waals surface area contributed by atoms with Gasteiger partial charge in [0.15, 0.2) is 0 Å². The minimum Gasteiger partial charge on any atom is -0.481 e. The van der Waals surface area contributed by atoms with Crippen LogP contribution in [-0.4, -0.2) is 33.2 Å². The molecule has 0 saturated heterocycles. The first kappa shape index (κ1) is 32.5. The number of carbonyl (C=O) groups is 3. The van der Waals surface area contributed by atoms with Gasteiger partial charge in [0.25, 0.3) is 0 Å². The van der Waals surface area contributed by atoms with Crippen molar-refractivity contribution in [2.45, 2.75) is 51.4 Å². The topological polar surface area (TPSA) is 112 Å². The SMILES string of the molecule is C=CCC(=O)O.C=CCC(CC=C)(CC=C)CC(=O)O.C=CCC(CC=C)CC(=O)O. The lowest BCUT2D eigenvalue weighted by Crippen LogP contribution is -2.22. The highest BCUT2D eigenvalue weighted by atomic mass is 16.4. The second kappa shape index (κ2) is 21.6. The molecule has 0 radical (unpaired) electrons. The highest BCUT2D eigenvalue weighted by Crippen LogP contribution is 2.36. The maximum atomic E-state index is 10.7. The zero-order chi connectivity index (χ0) is 24.7. The van der Waals surface area contributed by atoms with Crippen LogP contribution in [0, 0.1) is 11.3 Å². The fourth-order valence-corrected chi connectivity index (χ4v) is 2.81. The van der Waals surface area contributed by atoms with Crippen LogP contribution in [0.3, 0.4) is 0 Å². The summed E-state index contributed by atoms with van der Waals surface area (Å²) in [5.41, 5.74) is -0.281. The summed E-state index contributed by atoms with van der Waals surface area (Å²) in [6.45, 7) is 21.3. The van der Waals surface area contributed by atoms with E-state index in [0.717, 1.165) is 12.8 Å². The van der Waals surface area contributed by atoms with Crippen molar-refractivity contribution in [1.29, 1.82) is 0 Å². The summed E-state index contributed by atoms with van der Waals surface area (Å²) in [4.78, 5) is 30.6. The van der Waals surface area contributed by atoms with Gasteiger partial charge in [0.05, 0.1) is 12.8 Å². The Morgan fingerprint density at radius 1 is 0.645 bits per heavy atom. The predicted octanol–water partition coefficient (Wildman–Crippen LogP) is 6.05. The first-order chi connectivity index (χ1) is 14.6. The maximum absolute atomic E-state index is 10.7. The summed E-state index contributed by atoms with van der Waals surface area (Å²) in [6, 6.07) is 0. The zero-order valence-electron chi connectivity index (χ0n) is 18.5. The highest BCUT2D eigenvalue weighted by Gasteiger charge is 2.28. The molecule has 0 bridgehead atoms. The summed E-state index contributed by atoms with van der Waals surface area (Å²) in [7, 11) is 0. The molecule has 0 aromatic carbocycles. The Morgan fingerprint density at radius 3 is 1.26 bits per heavy atom. The van der Waals surface area contributed by atoms with E-state index in [2.05, 4.69) is 39.5 Å². The average Bonchev–Trinajstić information content (AvgIpc) is 2.62. The number of hydrogen-bond acceptors (Lipinski definition) is 3. The molecule has 3 N–H and O–H groups in total. The number of rotatable bonds is 16. The Hall–Kier alpha value is -3.15. The Bertz CT molecular complexity index is 567. The van der Waals surface area contributed by atoms with Gasteiger partial charge in [0.2, 0.25) is 0 Å². The van der Waals surface area contributed by atoms with Gasteiger partial charge in [-0.05, 0) is 43.4 Å². The number of carboxylic acids is 3. The molecule has 0 aromatic rings. The molecule has 0 aliphatic carbocycles. The monoisotopic (exact) mass is 434 g/mol. The first-order valence-corrected chi connectivity index (χ1v) is 9.88. The number of hydrogen-bond donors (Lipinski definition) is 3. The number of carboxylic acid groups (broad SMARTS) is 3. The molecule has 174 valence electrons. The fraction of sp³-hybridized carbons (Fsp3) is 0.400. The summed E-state index contributed by atoms with van der Waals surface area (Å²) in [5, 5.41) is 25.1. The van der Waals surface area contributed by atoms with Crippen molar-refractivity contribution in [2.75, 3.05) is 0 Å². The molecule has 0 amide bonds. The molecular formula is C25H38O6. The summed E-state index contributed by atoms with van der Waals surface area (Å²) >= 11 is 0. The minimum atomic E-state index is -0.829.